The van der Waals surface area contributed by atoms with Gasteiger partial charge in [0.2, 0.25) is 0 Å². The molecule has 2 heterocycles. The number of carboxylic acids is 1. The third kappa shape index (κ3) is 4.35. The molecule has 0 radical (unpaired) electrons. The Hall–Kier alpha value is -4.18. The van der Waals surface area contributed by atoms with Crippen LogP contribution in [0.2, 0.25) is 0 Å². The first-order chi connectivity index (χ1) is 16.9. The molecule has 0 spiro atoms. The van der Waals surface area contributed by atoms with Crippen molar-refractivity contribution < 1.29 is 29.0 Å². The minimum Gasteiger partial charge on any atom is -0.477 e. The summed E-state index contributed by atoms with van der Waals surface area (Å²) in [6.45, 7) is 0.450. The zero-order valence-corrected chi connectivity index (χ0v) is 18.9. The molecule has 0 saturated carbocycles. The van der Waals surface area contributed by atoms with E-state index in [0.717, 1.165) is 26.9 Å². The number of carbonyl (C=O) groups excluding carboxylic acids is 2. The Morgan fingerprint density at radius 1 is 1.11 bits per heavy atom. The van der Waals surface area contributed by atoms with Crippen LogP contribution in [0.1, 0.15) is 34.0 Å². The molecule has 35 heavy (non-hydrogen) atoms. The third-order valence-corrected chi connectivity index (χ3v) is 6.35. The van der Waals surface area contributed by atoms with E-state index in [9.17, 15) is 14.4 Å². The molecule has 10 heteroatoms. The lowest BCUT2D eigenvalue weighted by atomic mass is 9.98. The number of aromatic carboxylic acids is 1. The number of fused-ring (bicyclic) bond motifs is 3. The number of ether oxygens (including phenoxy) is 2. The minimum atomic E-state index is -1.16. The van der Waals surface area contributed by atoms with Gasteiger partial charge in [-0.3, -0.25) is 9.48 Å². The Bertz CT molecular complexity index is 1260. The van der Waals surface area contributed by atoms with Crippen LogP contribution in [0.3, 0.4) is 0 Å². The fraction of sp³-hybridized carbons (Fsp3) is 0.280. The topological polar surface area (TPSA) is 132 Å². The third-order valence-electron chi connectivity index (χ3n) is 6.35. The van der Waals surface area contributed by atoms with Crippen molar-refractivity contribution in [2.24, 2.45) is 7.05 Å². The number of carbonyl (C=O) groups is 3. The molecule has 1 aromatic heterocycles. The Morgan fingerprint density at radius 2 is 1.77 bits per heavy atom. The van der Waals surface area contributed by atoms with Crippen molar-refractivity contribution in [2.45, 2.75) is 24.5 Å². The molecule has 2 amide bonds. The van der Waals surface area contributed by atoms with E-state index in [-0.39, 0.29) is 30.6 Å². The molecule has 5 rings (SSSR count). The summed E-state index contributed by atoms with van der Waals surface area (Å²) in [7, 11) is 1.46. The zero-order valence-electron chi connectivity index (χ0n) is 18.9. The van der Waals surface area contributed by atoms with Gasteiger partial charge in [-0.05, 0) is 28.7 Å². The molecule has 1 fully saturated rings. The summed E-state index contributed by atoms with van der Waals surface area (Å²) in [4.78, 5) is 36.5. The maximum atomic E-state index is 12.7. The molecule has 1 aliphatic carbocycles. The predicted molar refractivity (Wildman–Crippen MR) is 125 cm³/mol. The number of nitrogens with one attached hydrogen (secondary N) is 2. The second-order valence-electron chi connectivity index (χ2n) is 8.49. The van der Waals surface area contributed by atoms with Crippen LogP contribution in [0.15, 0.2) is 54.6 Å². The maximum Gasteiger partial charge on any atom is 0.407 e. The van der Waals surface area contributed by atoms with Gasteiger partial charge in [-0.15, -0.1) is 0 Å². The van der Waals surface area contributed by atoms with Crippen molar-refractivity contribution in [1.29, 1.82) is 0 Å². The number of hydrogen-bond acceptors (Lipinski definition) is 6. The lowest BCUT2D eigenvalue weighted by Gasteiger charge is -2.20. The quantitative estimate of drug-likeness (QED) is 0.498. The Labute approximate surface area is 200 Å². The Kier molecular flexibility index (Phi) is 5.96. The molecule has 3 aromatic rings. The van der Waals surface area contributed by atoms with Gasteiger partial charge in [-0.2, -0.15) is 5.10 Å². The lowest BCUT2D eigenvalue weighted by molar-refractivity contribution is -0.125. The first-order valence-electron chi connectivity index (χ1n) is 11.2. The van der Waals surface area contributed by atoms with Gasteiger partial charge < -0.3 is 25.2 Å². The number of anilines is 1. The molecule has 0 bridgehead atoms. The number of carboxylic acid groups (broad SMARTS) is 1. The van der Waals surface area contributed by atoms with Crippen molar-refractivity contribution in [3.8, 4) is 11.1 Å². The van der Waals surface area contributed by atoms with E-state index in [1.54, 1.807) is 0 Å². The van der Waals surface area contributed by atoms with Gasteiger partial charge in [0, 0.05) is 25.6 Å². The van der Waals surface area contributed by atoms with Gasteiger partial charge in [0.05, 0.1) is 6.04 Å². The highest BCUT2D eigenvalue weighted by Crippen LogP contribution is 2.44. The van der Waals surface area contributed by atoms with Gasteiger partial charge in [0.1, 0.15) is 12.3 Å². The van der Waals surface area contributed by atoms with Crippen LogP contribution in [-0.4, -0.2) is 58.2 Å². The molecule has 1 aliphatic heterocycles. The normalized spacial score (nSPS) is 18.5. The zero-order chi connectivity index (χ0) is 24.5. The molecule has 2 aliphatic rings. The van der Waals surface area contributed by atoms with E-state index in [2.05, 4.69) is 27.9 Å². The minimum absolute atomic E-state index is 0.0686. The van der Waals surface area contributed by atoms with Crippen molar-refractivity contribution >= 4 is 23.8 Å². The van der Waals surface area contributed by atoms with Crippen molar-refractivity contribution in [3.05, 3.63) is 71.4 Å². The molecule has 10 nitrogen and oxygen atoms in total. The van der Waals surface area contributed by atoms with Crippen molar-refractivity contribution in [3.63, 3.8) is 0 Å². The smallest absolute Gasteiger partial charge is 0.407 e. The summed E-state index contributed by atoms with van der Waals surface area (Å²) in [5.74, 6) is -1.67. The SMILES string of the molecule is Cn1nc(NC(=O)C2OCCC2NC(=O)OCC2c3ccccc3-c3ccccc32)cc1C(=O)O. The number of hydrogen-bond donors (Lipinski definition) is 3. The van der Waals surface area contributed by atoms with E-state index in [1.165, 1.54) is 13.1 Å². The number of amides is 2. The van der Waals surface area contributed by atoms with E-state index >= 15 is 0 Å². The fourth-order valence-corrected chi connectivity index (χ4v) is 4.71. The number of benzene rings is 2. The highest BCUT2D eigenvalue weighted by molar-refractivity contribution is 5.95. The largest absolute Gasteiger partial charge is 0.477 e. The number of nitrogens with zero attached hydrogens (tertiary/aromatic N) is 2. The van der Waals surface area contributed by atoms with Gasteiger partial charge in [0.15, 0.2) is 11.9 Å². The van der Waals surface area contributed by atoms with Crippen molar-refractivity contribution in [1.82, 2.24) is 15.1 Å². The van der Waals surface area contributed by atoms with Crippen LogP contribution in [0.4, 0.5) is 10.6 Å². The average molecular weight is 476 g/mol. The van der Waals surface area contributed by atoms with E-state index in [4.69, 9.17) is 14.6 Å². The standard InChI is InChI=1S/C25H24N4O6/c1-29-20(24(31)32)12-21(28-29)27-23(30)22-19(10-11-34-22)26-25(33)35-13-18-16-8-4-2-6-14(16)15-7-3-5-9-17(15)18/h2-9,12,18-19,22H,10-11,13H2,1H3,(H,26,33)(H,31,32)(H,27,28,30). The summed E-state index contributed by atoms with van der Waals surface area (Å²) >= 11 is 0. The maximum absolute atomic E-state index is 12.7. The second-order valence-corrected chi connectivity index (χ2v) is 8.49. The molecule has 2 aromatic carbocycles. The van der Waals surface area contributed by atoms with Crippen LogP contribution in [0, 0.1) is 0 Å². The number of alkyl carbamates (subject to hydrolysis) is 1. The highest BCUT2D eigenvalue weighted by atomic mass is 16.6. The summed E-state index contributed by atoms with van der Waals surface area (Å²) in [6, 6.07) is 16.8. The van der Waals surface area contributed by atoms with Gasteiger partial charge in [0.25, 0.3) is 5.91 Å². The monoisotopic (exact) mass is 476 g/mol. The van der Waals surface area contributed by atoms with Gasteiger partial charge >= 0.3 is 12.1 Å². The fourth-order valence-electron chi connectivity index (χ4n) is 4.71. The van der Waals surface area contributed by atoms with Crippen LogP contribution in [0.25, 0.3) is 11.1 Å². The number of rotatable bonds is 6. The van der Waals surface area contributed by atoms with Crippen LogP contribution < -0.4 is 10.6 Å². The van der Waals surface area contributed by atoms with Crippen LogP contribution in [0.5, 0.6) is 0 Å². The molecule has 3 N–H and O–H groups in total. The first-order valence-corrected chi connectivity index (χ1v) is 11.2. The highest BCUT2D eigenvalue weighted by Gasteiger charge is 2.37. The summed E-state index contributed by atoms with van der Waals surface area (Å²) in [6.07, 6.45) is -1.15. The van der Waals surface area contributed by atoms with E-state index in [0.29, 0.717) is 6.42 Å². The molecule has 2 unspecified atom stereocenters. The van der Waals surface area contributed by atoms with E-state index in [1.807, 2.05) is 36.4 Å². The van der Waals surface area contributed by atoms with Crippen LogP contribution >= 0.6 is 0 Å². The Morgan fingerprint density at radius 3 is 2.40 bits per heavy atom. The van der Waals surface area contributed by atoms with Gasteiger partial charge in [-0.1, -0.05) is 48.5 Å². The van der Waals surface area contributed by atoms with Crippen LogP contribution in [-0.2, 0) is 21.3 Å². The second kappa shape index (κ2) is 9.22. The lowest BCUT2D eigenvalue weighted by Crippen LogP contribution is -2.46. The predicted octanol–water partition coefficient (Wildman–Crippen LogP) is 2.75. The molecule has 2 atom stereocenters. The summed E-state index contributed by atoms with van der Waals surface area (Å²) in [5, 5.41) is 18.4. The number of aromatic nitrogens is 2. The number of aryl methyl sites for hydroxylation is 1. The average Bonchev–Trinajstić information content (AvgIpc) is 3.53. The molecule has 180 valence electrons. The van der Waals surface area contributed by atoms with E-state index < -0.39 is 30.1 Å². The van der Waals surface area contributed by atoms with Gasteiger partial charge in [-0.25, -0.2) is 9.59 Å². The molecule has 1 saturated heterocycles. The summed E-state index contributed by atoms with van der Waals surface area (Å²) in [5.41, 5.74) is 4.43. The van der Waals surface area contributed by atoms with Crippen molar-refractivity contribution in [2.75, 3.05) is 18.5 Å². The first kappa shape index (κ1) is 22.6. The summed E-state index contributed by atoms with van der Waals surface area (Å²) < 4.78 is 12.3. The molecular weight excluding hydrogens is 452 g/mol. The Balaban J connectivity index is 1.20. The molecular formula is C25H24N4O6.